The Morgan fingerprint density at radius 2 is 1.77 bits per heavy atom. The molecule has 0 aliphatic carbocycles. The molecule has 0 spiro atoms. The fourth-order valence-corrected chi connectivity index (χ4v) is 0.934. The molecule has 13 heavy (non-hydrogen) atoms. The van der Waals surface area contributed by atoms with Gasteiger partial charge in [-0.2, -0.15) is 5.26 Å². The Morgan fingerprint density at radius 1 is 1.23 bits per heavy atom. The molecule has 0 saturated heterocycles. The highest BCUT2D eigenvalue weighted by Gasteiger charge is 2.06. The monoisotopic (exact) mass is 186 g/mol. The van der Waals surface area contributed by atoms with E-state index in [-0.39, 0.29) is 19.6 Å². The number of hydrogen-bond donors (Lipinski definition) is 2. The van der Waals surface area contributed by atoms with E-state index in [0.717, 1.165) is 0 Å². The molecule has 0 bridgehead atoms. The maximum absolute atomic E-state index is 10.6. The van der Waals surface area contributed by atoms with Crippen molar-refractivity contribution in [2.45, 2.75) is 6.42 Å². The first-order valence-corrected chi connectivity index (χ1v) is 4.11. The molecule has 0 aliphatic heterocycles. The van der Waals surface area contributed by atoms with Crippen molar-refractivity contribution in [3.8, 4) is 6.07 Å². The van der Waals surface area contributed by atoms with E-state index >= 15 is 0 Å². The molecule has 0 heterocycles. The molecule has 2 N–H and O–H groups in total. The van der Waals surface area contributed by atoms with E-state index in [1.54, 1.807) is 4.90 Å². The molecule has 0 fully saturated rings. The summed E-state index contributed by atoms with van der Waals surface area (Å²) in [6, 6.07) is 1.51. The highest BCUT2D eigenvalue weighted by molar-refractivity contribution is 5.93. The third-order valence-corrected chi connectivity index (χ3v) is 1.61. The number of aliphatic hydroxyl groups is 2. The van der Waals surface area contributed by atoms with Crippen LogP contribution in [0.5, 0.6) is 0 Å². The number of ketones is 1. The number of Topliss-reactive ketones (excluding diaryl/α,β-unsaturated/α-hetero) is 1. The minimum atomic E-state index is -0.471. The van der Waals surface area contributed by atoms with Crippen LogP contribution in [0.1, 0.15) is 6.42 Å². The van der Waals surface area contributed by atoms with Crippen LogP contribution >= 0.6 is 0 Å². The molecule has 5 nitrogen and oxygen atoms in total. The van der Waals surface area contributed by atoms with Crippen LogP contribution in [0.15, 0.2) is 0 Å². The van der Waals surface area contributed by atoms with Crippen molar-refractivity contribution in [3.63, 3.8) is 0 Å². The number of nitriles is 1. The van der Waals surface area contributed by atoms with Crippen LogP contribution in [-0.2, 0) is 4.79 Å². The second-order valence-corrected chi connectivity index (χ2v) is 2.57. The Balaban J connectivity index is 3.69. The van der Waals surface area contributed by atoms with Gasteiger partial charge in [0.1, 0.15) is 6.07 Å². The Bertz CT molecular complexity index is 182. The molecule has 0 aliphatic rings. The van der Waals surface area contributed by atoms with Crippen LogP contribution in [0.4, 0.5) is 0 Å². The van der Waals surface area contributed by atoms with Gasteiger partial charge in [0.2, 0.25) is 5.78 Å². The van der Waals surface area contributed by atoms with Gasteiger partial charge in [-0.05, 0) is 0 Å². The van der Waals surface area contributed by atoms with Gasteiger partial charge < -0.3 is 10.2 Å². The quantitative estimate of drug-likeness (QED) is 0.485. The summed E-state index contributed by atoms with van der Waals surface area (Å²) < 4.78 is 0. The molecule has 0 aromatic heterocycles. The third-order valence-electron chi connectivity index (χ3n) is 1.61. The number of nitrogens with zero attached hydrogens (tertiary/aromatic N) is 2. The Morgan fingerprint density at radius 3 is 2.15 bits per heavy atom. The van der Waals surface area contributed by atoms with E-state index in [0.29, 0.717) is 19.6 Å². The molecule has 0 aromatic carbocycles. The number of hydrogen-bond acceptors (Lipinski definition) is 5. The van der Waals surface area contributed by atoms with E-state index in [9.17, 15) is 4.79 Å². The normalized spacial score (nSPS) is 10.0. The summed E-state index contributed by atoms with van der Waals surface area (Å²) in [5.74, 6) is -0.471. The summed E-state index contributed by atoms with van der Waals surface area (Å²) in [7, 11) is 0. The van der Waals surface area contributed by atoms with Crippen molar-refractivity contribution in [2.24, 2.45) is 0 Å². The van der Waals surface area contributed by atoms with E-state index in [1.165, 1.54) is 6.07 Å². The second kappa shape index (κ2) is 7.68. The lowest BCUT2D eigenvalue weighted by Gasteiger charge is -2.18. The van der Waals surface area contributed by atoms with Gasteiger partial charge in [0, 0.05) is 26.1 Å². The zero-order valence-electron chi connectivity index (χ0n) is 7.44. The van der Waals surface area contributed by atoms with Crippen LogP contribution < -0.4 is 0 Å². The van der Waals surface area contributed by atoms with Crippen molar-refractivity contribution in [2.75, 3.05) is 32.8 Å². The zero-order valence-corrected chi connectivity index (χ0v) is 7.44. The first-order chi connectivity index (χ1) is 6.24. The smallest absolute Gasteiger partial charge is 0.233 e. The van der Waals surface area contributed by atoms with Crippen LogP contribution in [0.25, 0.3) is 0 Å². The molecular formula is C8H14N2O3. The fraction of sp³-hybridized carbons (Fsp3) is 0.750. The number of carbonyl (C=O) groups is 1. The van der Waals surface area contributed by atoms with Crippen LogP contribution in [0.2, 0.25) is 0 Å². The highest BCUT2D eigenvalue weighted by Crippen LogP contribution is 1.91. The minimum absolute atomic E-state index is 0.0132. The lowest BCUT2D eigenvalue weighted by atomic mass is 10.3. The maximum atomic E-state index is 10.6. The van der Waals surface area contributed by atoms with Gasteiger partial charge in [-0.1, -0.05) is 0 Å². The standard InChI is InChI=1S/C8H14N2O3/c9-7-8(13)1-2-10(3-5-11)4-6-12/h11-12H,1-6H2. The summed E-state index contributed by atoms with van der Waals surface area (Å²) in [4.78, 5) is 12.3. The minimum Gasteiger partial charge on any atom is -0.395 e. The molecule has 0 aromatic rings. The van der Waals surface area contributed by atoms with E-state index in [4.69, 9.17) is 15.5 Å². The fourth-order valence-electron chi connectivity index (χ4n) is 0.934. The van der Waals surface area contributed by atoms with Crippen molar-refractivity contribution in [1.82, 2.24) is 4.90 Å². The summed E-state index contributed by atoms with van der Waals surface area (Å²) >= 11 is 0. The Kier molecular flexibility index (Phi) is 7.11. The van der Waals surface area contributed by atoms with Crippen LogP contribution in [0, 0.1) is 11.3 Å². The Hall–Kier alpha value is -0.960. The zero-order chi connectivity index (χ0) is 10.1. The highest BCUT2D eigenvalue weighted by atomic mass is 16.3. The average Bonchev–Trinajstić information content (AvgIpc) is 2.14. The SMILES string of the molecule is N#CC(=O)CCN(CCO)CCO. The molecule has 5 heteroatoms. The van der Waals surface area contributed by atoms with Crippen molar-refractivity contribution >= 4 is 5.78 Å². The summed E-state index contributed by atoms with van der Waals surface area (Å²) in [6.07, 6.45) is 0.149. The number of rotatable bonds is 7. The largest absolute Gasteiger partial charge is 0.395 e. The third kappa shape index (κ3) is 6.22. The van der Waals surface area contributed by atoms with Gasteiger partial charge >= 0.3 is 0 Å². The van der Waals surface area contributed by atoms with Gasteiger partial charge in [0.05, 0.1) is 13.2 Å². The van der Waals surface area contributed by atoms with Gasteiger partial charge in [-0.25, -0.2) is 0 Å². The number of carbonyl (C=O) groups excluding carboxylic acids is 1. The Labute approximate surface area is 77.2 Å². The molecular weight excluding hydrogens is 172 g/mol. The average molecular weight is 186 g/mol. The topological polar surface area (TPSA) is 84.6 Å². The van der Waals surface area contributed by atoms with E-state index in [1.807, 2.05) is 0 Å². The van der Waals surface area contributed by atoms with Gasteiger partial charge in [0.15, 0.2) is 0 Å². The predicted molar refractivity (Wildman–Crippen MR) is 45.8 cm³/mol. The predicted octanol–water partition coefficient (Wildman–Crippen LogP) is -1.24. The van der Waals surface area contributed by atoms with Gasteiger partial charge in [-0.15, -0.1) is 0 Å². The van der Waals surface area contributed by atoms with E-state index < -0.39 is 5.78 Å². The van der Waals surface area contributed by atoms with E-state index in [2.05, 4.69) is 0 Å². The second-order valence-electron chi connectivity index (χ2n) is 2.57. The molecule has 0 radical (unpaired) electrons. The molecule has 0 rings (SSSR count). The molecule has 0 unspecified atom stereocenters. The molecule has 0 saturated carbocycles. The van der Waals surface area contributed by atoms with Crippen LogP contribution in [-0.4, -0.2) is 53.7 Å². The van der Waals surface area contributed by atoms with Crippen LogP contribution in [0.3, 0.4) is 0 Å². The maximum Gasteiger partial charge on any atom is 0.233 e. The van der Waals surface area contributed by atoms with Gasteiger partial charge in [-0.3, -0.25) is 9.69 Å². The molecule has 0 amide bonds. The first-order valence-electron chi connectivity index (χ1n) is 4.11. The summed E-state index contributed by atoms with van der Waals surface area (Å²) in [5, 5.41) is 25.4. The van der Waals surface area contributed by atoms with Crippen molar-refractivity contribution in [1.29, 1.82) is 5.26 Å². The van der Waals surface area contributed by atoms with Crippen molar-refractivity contribution in [3.05, 3.63) is 0 Å². The van der Waals surface area contributed by atoms with Gasteiger partial charge in [0.25, 0.3) is 0 Å². The summed E-state index contributed by atoms with van der Waals surface area (Å²) in [5.41, 5.74) is 0. The summed E-state index contributed by atoms with van der Waals surface area (Å²) in [6.45, 7) is 1.22. The molecule has 74 valence electrons. The number of aliphatic hydroxyl groups excluding tert-OH is 2. The van der Waals surface area contributed by atoms with Crippen molar-refractivity contribution < 1.29 is 15.0 Å². The lowest BCUT2D eigenvalue weighted by Crippen LogP contribution is -2.31. The molecule has 0 atom stereocenters. The first kappa shape index (κ1) is 12.0. The lowest BCUT2D eigenvalue weighted by molar-refractivity contribution is -0.114.